The summed E-state index contributed by atoms with van der Waals surface area (Å²) in [6, 6.07) is 13.8. The maximum Gasteiger partial charge on any atom is 0.321 e. The zero-order chi connectivity index (χ0) is 17.1. The number of alkyl halides is 2. The van der Waals surface area contributed by atoms with E-state index in [1.807, 2.05) is 6.07 Å². The number of carbonyl (C=O) groups excluding carboxylic acids is 1. The molecular weight excluding hydrogens is 400 g/mol. The second-order valence-corrected chi connectivity index (χ2v) is 6.64. The molecule has 0 saturated carbocycles. The van der Waals surface area contributed by atoms with Gasteiger partial charge in [0.2, 0.25) is 5.91 Å². The number of amides is 1. The maximum absolute atomic E-state index is 13.3. The van der Waals surface area contributed by atoms with Gasteiger partial charge in [-0.3, -0.25) is 9.36 Å². The van der Waals surface area contributed by atoms with Crippen molar-refractivity contribution in [1.29, 1.82) is 0 Å². The highest BCUT2D eigenvalue weighted by molar-refractivity contribution is 9.10. The second-order valence-electron chi connectivity index (χ2n) is 4.85. The predicted octanol–water partition coefficient (Wildman–Crippen LogP) is 4.92. The lowest BCUT2D eigenvalue weighted by Gasteiger charge is -2.08. The number of benzene rings is 2. The summed E-state index contributed by atoms with van der Waals surface area (Å²) in [5.41, 5.74) is 1.46. The number of carbonyl (C=O) groups is 1. The Balaban J connectivity index is 1.75. The van der Waals surface area contributed by atoms with Crippen LogP contribution in [0, 0.1) is 0 Å². The molecule has 0 unspecified atom stereocenters. The SMILES string of the molecule is O=C(CSc1nc2ccccc2n1C(F)F)Nc1ccccc1Br. The van der Waals surface area contributed by atoms with E-state index in [0.717, 1.165) is 20.8 Å². The molecule has 3 rings (SSSR count). The Morgan fingerprint density at radius 2 is 1.92 bits per heavy atom. The van der Waals surface area contributed by atoms with Gasteiger partial charge in [-0.1, -0.05) is 36.0 Å². The number of hydrogen-bond donors (Lipinski definition) is 1. The van der Waals surface area contributed by atoms with Crippen molar-refractivity contribution in [3.05, 3.63) is 53.0 Å². The van der Waals surface area contributed by atoms with Gasteiger partial charge in [-0.2, -0.15) is 8.78 Å². The van der Waals surface area contributed by atoms with Gasteiger partial charge in [0.15, 0.2) is 5.16 Å². The fraction of sp³-hybridized carbons (Fsp3) is 0.125. The van der Waals surface area contributed by atoms with E-state index in [2.05, 4.69) is 26.2 Å². The van der Waals surface area contributed by atoms with Crippen LogP contribution in [-0.4, -0.2) is 21.2 Å². The molecular formula is C16H12BrF2N3OS. The van der Waals surface area contributed by atoms with Crippen molar-refractivity contribution in [3.8, 4) is 0 Å². The standard InChI is InChI=1S/C16H12BrF2N3OS/c17-10-5-1-2-6-11(10)20-14(23)9-24-16-21-12-7-3-4-8-13(12)22(16)15(18)19/h1-8,15H,9H2,(H,20,23). The third-order valence-corrected chi connectivity index (χ3v) is 4.88. The van der Waals surface area contributed by atoms with Gasteiger partial charge in [0, 0.05) is 4.47 Å². The predicted molar refractivity (Wildman–Crippen MR) is 94.5 cm³/mol. The normalized spacial score (nSPS) is 11.2. The lowest BCUT2D eigenvalue weighted by Crippen LogP contribution is -2.15. The molecule has 1 amide bonds. The number of nitrogens with zero attached hydrogens (tertiary/aromatic N) is 2. The lowest BCUT2D eigenvalue weighted by atomic mass is 10.3. The maximum atomic E-state index is 13.3. The highest BCUT2D eigenvalue weighted by Crippen LogP contribution is 2.29. The molecule has 124 valence electrons. The molecule has 0 aliphatic rings. The van der Waals surface area contributed by atoms with Gasteiger partial charge in [0.25, 0.3) is 0 Å². The summed E-state index contributed by atoms with van der Waals surface area (Å²) in [5.74, 6) is -0.308. The number of nitrogens with one attached hydrogen (secondary N) is 1. The third kappa shape index (κ3) is 3.59. The molecule has 0 fully saturated rings. The monoisotopic (exact) mass is 411 g/mol. The zero-order valence-corrected chi connectivity index (χ0v) is 14.7. The summed E-state index contributed by atoms with van der Waals surface area (Å²) in [5, 5.41) is 2.85. The molecule has 2 aromatic carbocycles. The van der Waals surface area contributed by atoms with Crippen LogP contribution in [0.1, 0.15) is 6.55 Å². The van der Waals surface area contributed by atoms with Crippen molar-refractivity contribution in [3.63, 3.8) is 0 Å². The molecule has 24 heavy (non-hydrogen) atoms. The summed E-state index contributed by atoms with van der Waals surface area (Å²) >= 11 is 4.32. The van der Waals surface area contributed by atoms with Crippen molar-refractivity contribution in [1.82, 2.24) is 9.55 Å². The molecule has 0 saturated heterocycles. The van der Waals surface area contributed by atoms with Gasteiger partial charge in [-0.15, -0.1) is 0 Å². The number of thioether (sulfide) groups is 1. The van der Waals surface area contributed by atoms with Crippen LogP contribution in [0.5, 0.6) is 0 Å². The van der Waals surface area contributed by atoms with E-state index >= 15 is 0 Å². The van der Waals surface area contributed by atoms with Gasteiger partial charge in [0.1, 0.15) is 0 Å². The van der Waals surface area contributed by atoms with Gasteiger partial charge in [-0.25, -0.2) is 4.98 Å². The number of imidazole rings is 1. The van der Waals surface area contributed by atoms with Crippen molar-refractivity contribution in [2.75, 3.05) is 11.1 Å². The lowest BCUT2D eigenvalue weighted by molar-refractivity contribution is -0.113. The van der Waals surface area contributed by atoms with Gasteiger partial charge < -0.3 is 5.32 Å². The van der Waals surface area contributed by atoms with Gasteiger partial charge >= 0.3 is 6.55 Å². The summed E-state index contributed by atoms with van der Waals surface area (Å²) in [7, 11) is 0. The topological polar surface area (TPSA) is 46.9 Å². The van der Waals surface area contributed by atoms with Crippen LogP contribution in [-0.2, 0) is 4.79 Å². The number of hydrogen-bond acceptors (Lipinski definition) is 3. The van der Waals surface area contributed by atoms with E-state index in [0.29, 0.717) is 16.7 Å². The van der Waals surface area contributed by atoms with E-state index in [1.165, 1.54) is 0 Å². The van der Waals surface area contributed by atoms with Gasteiger partial charge in [-0.05, 0) is 40.2 Å². The minimum absolute atomic E-state index is 0.0165. The Bertz CT molecular complexity index is 885. The number of anilines is 1. The summed E-state index contributed by atoms with van der Waals surface area (Å²) < 4.78 is 28.2. The van der Waals surface area contributed by atoms with E-state index in [-0.39, 0.29) is 16.8 Å². The fourth-order valence-corrected chi connectivity index (χ4v) is 3.39. The molecule has 1 N–H and O–H groups in total. The Hall–Kier alpha value is -1.93. The summed E-state index contributed by atoms with van der Waals surface area (Å²) in [6.45, 7) is -2.72. The highest BCUT2D eigenvalue weighted by Gasteiger charge is 2.18. The molecule has 3 aromatic rings. The van der Waals surface area contributed by atoms with Gasteiger partial charge in [0.05, 0.1) is 22.5 Å². The van der Waals surface area contributed by atoms with Crippen LogP contribution < -0.4 is 5.32 Å². The number of fused-ring (bicyclic) bond motifs is 1. The molecule has 0 aliphatic carbocycles. The Morgan fingerprint density at radius 1 is 1.21 bits per heavy atom. The fourth-order valence-electron chi connectivity index (χ4n) is 2.19. The van der Waals surface area contributed by atoms with E-state index in [1.54, 1.807) is 42.5 Å². The van der Waals surface area contributed by atoms with E-state index < -0.39 is 6.55 Å². The van der Waals surface area contributed by atoms with Crippen LogP contribution in [0.25, 0.3) is 11.0 Å². The van der Waals surface area contributed by atoms with Crippen LogP contribution in [0.3, 0.4) is 0 Å². The smallest absolute Gasteiger partial charge is 0.321 e. The van der Waals surface area contributed by atoms with Crippen molar-refractivity contribution in [2.45, 2.75) is 11.7 Å². The Morgan fingerprint density at radius 3 is 2.67 bits per heavy atom. The summed E-state index contributed by atoms with van der Waals surface area (Å²) in [4.78, 5) is 16.2. The van der Waals surface area contributed by atoms with E-state index in [9.17, 15) is 13.6 Å². The van der Waals surface area contributed by atoms with Crippen molar-refractivity contribution in [2.24, 2.45) is 0 Å². The molecule has 1 heterocycles. The molecule has 0 aliphatic heterocycles. The summed E-state index contributed by atoms with van der Waals surface area (Å²) in [6.07, 6.45) is 0. The van der Waals surface area contributed by atoms with Crippen LogP contribution in [0.4, 0.5) is 14.5 Å². The Labute approximate surface area is 149 Å². The average Bonchev–Trinajstić information content (AvgIpc) is 2.93. The number of para-hydroxylation sites is 3. The third-order valence-electron chi connectivity index (χ3n) is 3.24. The quantitative estimate of drug-likeness (QED) is 0.605. The minimum atomic E-state index is -2.72. The number of halogens is 3. The molecule has 0 bridgehead atoms. The molecule has 4 nitrogen and oxygen atoms in total. The second kappa shape index (κ2) is 7.31. The first-order valence-corrected chi connectivity index (χ1v) is 8.76. The zero-order valence-electron chi connectivity index (χ0n) is 12.2. The van der Waals surface area contributed by atoms with Crippen LogP contribution in [0.15, 0.2) is 58.2 Å². The molecule has 1 aromatic heterocycles. The van der Waals surface area contributed by atoms with Crippen molar-refractivity contribution >= 4 is 50.3 Å². The molecule has 0 spiro atoms. The average molecular weight is 412 g/mol. The van der Waals surface area contributed by atoms with E-state index in [4.69, 9.17) is 0 Å². The highest BCUT2D eigenvalue weighted by atomic mass is 79.9. The molecule has 8 heteroatoms. The largest absolute Gasteiger partial charge is 0.324 e. The first-order chi connectivity index (χ1) is 11.6. The van der Waals surface area contributed by atoms with Crippen molar-refractivity contribution < 1.29 is 13.6 Å². The first-order valence-electron chi connectivity index (χ1n) is 6.98. The molecule has 0 atom stereocenters. The van der Waals surface area contributed by atoms with Crippen LogP contribution >= 0.6 is 27.7 Å². The number of rotatable bonds is 5. The molecule has 0 radical (unpaired) electrons. The minimum Gasteiger partial charge on any atom is -0.324 e. The first kappa shape index (κ1) is 16.9. The van der Waals surface area contributed by atoms with Crippen LogP contribution in [0.2, 0.25) is 0 Å². The Kier molecular flexibility index (Phi) is 5.15. The number of aromatic nitrogens is 2.